The van der Waals surface area contributed by atoms with Crippen molar-refractivity contribution in [3.63, 3.8) is 0 Å². The Kier molecular flexibility index (Phi) is 63.0. The molecule has 0 saturated carbocycles. The van der Waals surface area contributed by atoms with Gasteiger partial charge in [0.25, 0.3) is 0 Å². The van der Waals surface area contributed by atoms with Crippen LogP contribution in [0.3, 0.4) is 0 Å². The summed E-state index contributed by atoms with van der Waals surface area (Å²) in [7, 11) is 1.00. The van der Waals surface area contributed by atoms with E-state index in [9.17, 15) is 0 Å². The first kappa shape index (κ1) is 61.8. The highest BCUT2D eigenvalue weighted by Gasteiger charge is 2.41. The van der Waals surface area contributed by atoms with E-state index in [1.54, 1.807) is 6.92 Å². The van der Waals surface area contributed by atoms with E-state index in [0.717, 1.165) is 20.1 Å². The predicted molar refractivity (Wildman–Crippen MR) is 238 cm³/mol. The molecule has 3 atom stereocenters. The molecule has 0 spiro atoms. The fraction of sp³-hybridized carbons (Fsp3) is 0.609. The van der Waals surface area contributed by atoms with Crippen molar-refractivity contribution in [3.8, 4) is 12.3 Å². The molecular weight excluding hydrogens is 615 g/mol. The zero-order chi connectivity index (χ0) is 38.9. The van der Waals surface area contributed by atoms with E-state index < -0.39 is 0 Å². The van der Waals surface area contributed by atoms with Gasteiger partial charge in [-0.2, -0.15) is 11.8 Å². The maximum atomic E-state index is 7.00. The van der Waals surface area contributed by atoms with E-state index in [4.69, 9.17) is 5.11 Å². The Morgan fingerprint density at radius 1 is 1.02 bits per heavy atom. The van der Waals surface area contributed by atoms with Crippen LogP contribution in [0, 0.1) is 30.1 Å². The molecule has 1 heterocycles. The molecule has 2 rings (SSSR count). The third-order valence-electron chi connectivity index (χ3n) is 6.61. The molecule has 3 unspecified atom stereocenters. The van der Waals surface area contributed by atoms with Crippen molar-refractivity contribution in [2.24, 2.45) is 17.8 Å². The summed E-state index contributed by atoms with van der Waals surface area (Å²) in [5.74, 6) is 5.14. The zero-order valence-electron chi connectivity index (χ0n) is 35.1. The number of aliphatic hydroxyl groups excluding tert-OH is 1. The van der Waals surface area contributed by atoms with E-state index in [0.29, 0.717) is 23.8 Å². The van der Waals surface area contributed by atoms with Crippen LogP contribution in [0.4, 0.5) is 5.69 Å². The van der Waals surface area contributed by atoms with Gasteiger partial charge in [-0.3, -0.25) is 0 Å². The maximum Gasteiger partial charge on any atom is 0.0587 e. The van der Waals surface area contributed by atoms with Crippen molar-refractivity contribution < 1.29 is 5.11 Å². The number of hydrogen-bond acceptors (Lipinski definition) is 3. The molecule has 2 nitrogen and oxygen atoms in total. The van der Waals surface area contributed by atoms with Crippen LogP contribution in [0.5, 0.6) is 0 Å². The lowest BCUT2D eigenvalue weighted by molar-refractivity contribution is 0.292. The third-order valence-corrected chi connectivity index (χ3v) is 7.35. The van der Waals surface area contributed by atoms with Gasteiger partial charge < -0.3 is 10.0 Å². The molecule has 1 aliphatic heterocycles. The molecule has 288 valence electrons. The Hall–Kier alpha value is -2.41. The van der Waals surface area contributed by atoms with Gasteiger partial charge in [-0.05, 0) is 92.7 Å². The van der Waals surface area contributed by atoms with Crippen molar-refractivity contribution in [1.29, 1.82) is 0 Å². The molecule has 1 aromatic rings. The lowest BCUT2D eigenvalue weighted by atomic mass is 9.74. The fourth-order valence-electron chi connectivity index (χ4n) is 4.75. The van der Waals surface area contributed by atoms with Crippen LogP contribution < -0.4 is 4.90 Å². The summed E-state index contributed by atoms with van der Waals surface area (Å²) in [4.78, 5) is 2.58. The van der Waals surface area contributed by atoms with Crippen LogP contribution in [0.1, 0.15) is 137 Å². The average Bonchev–Trinajstić information content (AvgIpc) is 3.13. The van der Waals surface area contributed by atoms with Gasteiger partial charge in [0.15, 0.2) is 0 Å². The highest BCUT2D eigenvalue weighted by Crippen LogP contribution is 2.42. The zero-order valence-corrected chi connectivity index (χ0v) is 35.9. The summed E-state index contributed by atoms with van der Waals surface area (Å²) in [6.07, 6.45) is 22.6. The largest absolute Gasteiger partial charge is 0.400 e. The van der Waals surface area contributed by atoms with Crippen molar-refractivity contribution in [3.05, 3.63) is 90.6 Å². The minimum Gasteiger partial charge on any atom is -0.400 e. The van der Waals surface area contributed by atoms with Gasteiger partial charge in [0.2, 0.25) is 0 Å². The molecule has 0 bridgehead atoms. The molecule has 0 aromatic heterocycles. The number of rotatable bonds is 13. The first-order chi connectivity index (χ1) is 23.3. The average molecular weight is 702 g/mol. The Balaban J connectivity index is -0.000000179. The fourth-order valence-corrected chi connectivity index (χ4v) is 5.51. The number of terminal acetylenes is 1. The Bertz CT molecular complexity index is 920. The van der Waals surface area contributed by atoms with E-state index >= 15 is 0 Å². The normalized spacial score (nSPS) is 14.5. The van der Waals surface area contributed by atoms with E-state index in [2.05, 4.69) is 133 Å². The van der Waals surface area contributed by atoms with Crippen molar-refractivity contribution in [2.75, 3.05) is 30.6 Å². The topological polar surface area (TPSA) is 23.5 Å². The number of nitrogens with zero attached hydrogens (tertiary/aromatic N) is 1. The number of para-hydroxylation sites is 1. The van der Waals surface area contributed by atoms with Crippen LogP contribution in [0.25, 0.3) is 0 Å². The number of allylic oxidation sites excluding steroid dienone is 6. The summed E-state index contributed by atoms with van der Waals surface area (Å²) in [6.45, 7) is 40.3. The molecule has 3 heteroatoms. The molecular formula is C46H87NOS. The van der Waals surface area contributed by atoms with Crippen molar-refractivity contribution in [2.45, 2.75) is 143 Å². The quantitative estimate of drug-likeness (QED) is 0.126. The highest BCUT2D eigenvalue weighted by molar-refractivity contribution is 7.98. The smallest absolute Gasteiger partial charge is 0.0587 e. The first-order valence-electron chi connectivity index (χ1n) is 18.7. The number of thioether (sulfide) groups is 1. The molecule has 0 amide bonds. The van der Waals surface area contributed by atoms with Gasteiger partial charge in [-0.25, -0.2) is 0 Å². The van der Waals surface area contributed by atoms with Crippen LogP contribution in [-0.2, 0) is 0 Å². The lowest BCUT2D eigenvalue weighted by Crippen LogP contribution is -2.58. The summed E-state index contributed by atoms with van der Waals surface area (Å²) in [6, 6.07) is 11.3. The van der Waals surface area contributed by atoms with Crippen LogP contribution in [-0.4, -0.2) is 36.8 Å². The standard InChI is InChI=1S/C30H43NS.C3H8.C3H4.4C2H6.CH4O.CH4/c1-8-11-18-29(24(6)23(4)5)30-26(21-31(30)28-16-13-12-14-17-28)19-20-27(22-32-7)25(10-3)15-9-2;2*1-3-2;5*1-2;/h8-10,12-18,23,26-27,30H,1,6,11,19-22H2,2-5,7H3;3H2,1-2H3;1H,2H3;4*1-2H3;2H,1H3;1H4/b15-9-,25-10+,29-18+;;;;;;;;. The predicted octanol–water partition coefficient (Wildman–Crippen LogP) is 14.9. The van der Waals surface area contributed by atoms with Gasteiger partial charge in [0.1, 0.15) is 0 Å². The second kappa shape index (κ2) is 50.0. The van der Waals surface area contributed by atoms with Gasteiger partial charge in [-0.1, -0.05) is 152 Å². The summed E-state index contributed by atoms with van der Waals surface area (Å²) >= 11 is 1.96. The molecule has 1 fully saturated rings. The van der Waals surface area contributed by atoms with Gasteiger partial charge in [0, 0.05) is 25.3 Å². The van der Waals surface area contributed by atoms with Crippen molar-refractivity contribution in [1.82, 2.24) is 0 Å². The van der Waals surface area contributed by atoms with Crippen LogP contribution >= 0.6 is 11.8 Å². The molecule has 1 saturated heterocycles. The summed E-state index contributed by atoms with van der Waals surface area (Å²) < 4.78 is 0. The third kappa shape index (κ3) is 29.1. The first-order valence-corrected chi connectivity index (χ1v) is 20.1. The molecule has 0 aliphatic carbocycles. The Morgan fingerprint density at radius 2 is 1.49 bits per heavy atom. The van der Waals surface area contributed by atoms with Gasteiger partial charge in [-0.15, -0.1) is 18.9 Å². The lowest BCUT2D eigenvalue weighted by Gasteiger charge is -2.52. The highest BCUT2D eigenvalue weighted by atomic mass is 32.2. The molecule has 1 aromatic carbocycles. The van der Waals surface area contributed by atoms with E-state index in [1.165, 1.54) is 47.4 Å². The van der Waals surface area contributed by atoms with E-state index in [-0.39, 0.29) is 7.43 Å². The van der Waals surface area contributed by atoms with Crippen LogP contribution in [0.15, 0.2) is 90.6 Å². The number of anilines is 1. The molecule has 49 heavy (non-hydrogen) atoms. The second-order valence-corrected chi connectivity index (χ2v) is 11.0. The Morgan fingerprint density at radius 3 is 1.86 bits per heavy atom. The summed E-state index contributed by atoms with van der Waals surface area (Å²) in [5, 5.41) is 7.00. The van der Waals surface area contributed by atoms with Crippen LogP contribution in [0.2, 0.25) is 0 Å². The number of benzene rings is 1. The minimum atomic E-state index is 0. The van der Waals surface area contributed by atoms with Crippen molar-refractivity contribution >= 4 is 17.4 Å². The molecule has 1 N–H and O–H groups in total. The van der Waals surface area contributed by atoms with Gasteiger partial charge in [0.05, 0.1) is 6.04 Å². The monoisotopic (exact) mass is 702 g/mol. The summed E-state index contributed by atoms with van der Waals surface area (Å²) in [5.41, 5.74) is 5.48. The second-order valence-electron chi connectivity index (χ2n) is 10.1. The molecule has 0 radical (unpaired) electrons. The van der Waals surface area contributed by atoms with E-state index in [1.807, 2.05) is 73.2 Å². The molecule has 1 aliphatic rings. The number of hydrogen-bond donors (Lipinski definition) is 1. The minimum absolute atomic E-state index is 0. The SMILES string of the molecule is C.C#CC.C=CC/C=C(\C(=C)C(C)C)C1C(CCC(CSC)C(/C=C\C)=C/C)CN1c1ccccc1.CC.CC.CC.CC.CCC.CO. The maximum absolute atomic E-state index is 7.00. The Labute approximate surface area is 315 Å². The van der Waals surface area contributed by atoms with Gasteiger partial charge >= 0.3 is 0 Å². The number of aliphatic hydroxyl groups is 1.